The Balaban J connectivity index is 0. The van der Waals surface area contributed by atoms with Crippen LogP contribution in [0.3, 0.4) is 0 Å². The number of nitrogens with zero attached hydrogens (tertiary/aromatic N) is 2. The first-order chi connectivity index (χ1) is 46.2. The second-order valence-electron chi connectivity index (χ2n) is 28.0. The third-order valence-electron chi connectivity index (χ3n) is 16.0. The van der Waals surface area contributed by atoms with Crippen LogP contribution in [0.2, 0.25) is 0 Å². The summed E-state index contributed by atoms with van der Waals surface area (Å²) >= 11 is 0. The number of carbonyl (C=O) groups excluding carboxylic acids is 1. The number of aliphatic hydroxyl groups excluding tert-OH is 9. The molecule has 0 aromatic heterocycles. The minimum atomic E-state index is -1.16. The van der Waals surface area contributed by atoms with Gasteiger partial charge in [-0.2, -0.15) is 0 Å². The van der Waals surface area contributed by atoms with Gasteiger partial charge in [-0.3, -0.25) is 4.79 Å². The van der Waals surface area contributed by atoms with Crippen LogP contribution in [0, 0.1) is 0 Å². The Morgan fingerprint density at radius 2 is 0.827 bits per heavy atom. The van der Waals surface area contributed by atoms with E-state index >= 15 is 0 Å². The standard InChI is InChI=1S/C71H142N2O23.2ClH/c1-8-10-12-14-16-18-20-21-22-23-24-25-27-29-31-33-71(83)94-58-65(38-75)92-47-64(82)46-87-50-67(93-48-63(81)45-84-41-60(78)36-73(6,7)34-32-30-28-26-19-17-15-13-11-9-2)51-90-56-70(53-88-44-62(80)43-85-42-61(79)37-74)96-69(52-86-40-59(77)35-72(3,4)5)57-91-55-68-54-89-49-66(39-76)95-68;;/h21-22,59-70,74-82H,8-20,23-58H2,1-7H3;2*1H/q+2;;/p-2/b22-21-;;. The summed E-state index contributed by atoms with van der Waals surface area (Å²) in [6.07, 6.45) is 22.1. The van der Waals surface area contributed by atoms with Crippen molar-refractivity contribution in [2.75, 3.05) is 200 Å². The van der Waals surface area contributed by atoms with E-state index in [1.54, 1.807) is 0 Å². The molecule has 1 aliphatic heterocycles. The summed E-state index contributed by atoms with van der Waals surface area (Å²) < 4.78 is 77.6. The summed E-state index contributed by atoms with van der Waals surface area (Å²) in [7, 11) is 10.1. The first-order valence-electron chi connectivity index (χ1n) is 36.7. The van der Waals surface area contributed by atoms with E-state index < -0.39 is 86.5 Å². The zero-order chi connectivity index (χ0) is 70.8. The Labute approximate surface area is 603 Å². The molecule has 12 atom stereocenters. The van der Waals surface area contributed by atoms with Gasteiger partial charge in [0.15, 0.2) is 0 Å². The molecule has 12 unspecified atom stereocenters. The molecule has 27 heteroatoms. The lowest BCUT2D eigenvalue weighted by atomic mass is 10.1. The molecule has 0 aromatic carbocycles. The molecule has 0 bridgehead atoms. The van der Waals surface area contributed by atoms with E-state index in [1.807, 2.05) is 21.1 Å². The highest BCUT2D eigenvalue weighted by Gasteiger charge is 2.27. The molecule has 1 aliphatic rings. The van der Waals surface area contributed by atoms with Crippen molar-refractivity contribution >= 4 is 5.97 Å². The van der Waals surface area contributed by atoms with Gasteiger partial charge >= 0.3 is 5.97 Å². The summed E-state index contributed by atoms with van der Waals surface area (Å²) in [5, 5.41) is 92.9. The van der Waals surface area contributed by atoms with Crippen LogP contribution in [-0.2, 0) is 66.4 Å². The molecular formula is C71H142Cl2N2O23. The Hall–Kier alpha value is -1.13. The first kappa shape index (κ1) is 98.9. The summed E-state index contributed by atoms with van der Waals surface area (Å²) in [5.41, 5.74) is 0. The maximum Gasteiger partial charge on any atom is 0.305 e. The number of unbranched alkanes of at least 4 members (excludes halogenated alkanes) is 20. The zero-order valence-corrected chi connectivity index (χ0v) is 63.1. The number of esters is 1. The van der Waals surface area contributed by atoms with E-state index in [1.165, 1.54) is 89.9 Å². The van der Waals surface area contributed by atoms with Gasteiger partial charge in [0.05, 0.1) is 181 Å². The van der Waals surface area contributed by atoms with Crippen LogP contribution in [0.4, 0.5) is 0 Å². The average molecular weight is 1460 g/mol. The summed E-state index contributed by atoms with van der Waals surface area (Å²) in [6, 6.07) is 0. The van der Waals surface area contributed by atoms with Crippen LogP contribution in [0.1, 0.15) is 168 Å². The molecule has 588 valence electrons. The van der Waals surface area contributed by atoms with Gasteiger partial charge in [0.25, 0.3) is 0 Å². The predicted octanol–water partition coefficient (Wildman–Crippen LogP) is -1.15. The molecule has 0 aromatic rings. The number of hydrogen-bond donors (Lipinski definition) is 9. The van der Waals surface area contributed by atoms with Gasteiger partial charge in [-0.1, -0.05) is 129 Å². The fraction of sp³-hybridized carbons (Fsp3) is 0.958. The van der Waals surface area contributed by atoms with Crippen molar-refractivity contribution in [2.24, 2.45) is 0 Å². The smallest absolute Gasteiger partial charge is 0.305 e. The Morgan fingerprint density at radius 3 is 1.32 bits per heavy atom. The summed E-state index contributed by atoms with van der Waals surface area (Å²) in [5.74, 6) is -0.378. The molecule has 0 aliphatic carbocycles. The predicted molar refractivity (Wildman–Crippen MR) is 368 cm³/mol. The maximum absolute atomic E-state index is 12.6. The largest absolute Gasteiger partial charge is 1.00 e. The SMILES string of the molecule is CCCCCCCC/C=C\CCCCCCCC(=O)OCC(CO)OCC(O)COCC(COCC(COCC(O)COCC(O)CO)OC(COCC(O)C[N+](C)(C)C)COCC1COCC(CO)O1)OCC(O)COCC(O)C[N+](C)(C)CCCCCCCCCCCC.[Cl-].[Cl-]. The number of ether oxygens (including phenoxy) is 13. The maximum atomic E-state index is 12.6. The van der Waals surface area contributed by atoms with Crippen LogP contribution in [0.5, 0.6) is 0 Å². The molecule has 0 saturated carbocycles. The van der Waals surface area contributed by atoms with Crippen LogP contribution < -0.4 is 24.8 Å². The third-order valence-corrected chi connectivity index (χ3v) is 16.0. The number of hydrogen-bond acceptors (Lipinski definition) is 23. The van der Waals surface area contributed by atoms with Crippen LogP contribution in [-0.4, -0.2) is 334 Å². The number of quaternary nitrogens is 2. The molecular weight excluding hydrogens is 1320 g/mol. The van der Waals surface area contributed by atoms with Crippen molar-refractivity contribution in [3.8, 4) is 0 Å². The molecule has 1 heterocycles. The molecule has 25 nitrogen and oxygen atoms in total. The van der Waals surface area contributed by atoms with E-state index in [-0.39, 0.29) is 169 Å². The average Bonchev–Trinajstić information content (AvgIpc) is 1.03. The van der Waals surface area contributed by atoms with Gasteiger partial charge in [-0.25, -0.2) is 0 Å². The van der Waals surface area contributed by atoms with Gasteiger partial charge in [-0.05, 0) is 44.9 Å². The Kier molecular flexibility index (Phi) is 67.2. The highest BCUT2D eigenvalue weighted by Crippen LogP contribution is 2.16. The molecule has 1 rings (SSSR count). The van der Waals surface area contributed by atoms with Gasteiger partial charge < -0.3 is 141 Å². The molecule has 0 radical (unpaired) electrons. The van der Waals surface area contributed by atoms with Crippen molar-refractivity contribution in [1.82, 2.24) is 0 Å². The highest BCUT2D eigenvalue weighted by atomic mass is 35.5. The molecule has 9 N–H and O–H groups in total. The monoisotopic (exact) mass is 1460 g/mol. The van der Waals surface area contributed by atoms with Crippen molar-refractivity contribution < 1.29 is 146 Å². The second kappa shape index (κ2) is 66.5. The molecule has 98 heavy (non-hydrogen) atoms. The van der Waals surface area contributed by atoms with Crippen LogP contribution in [0.25, 0.3) is 0 Å². The number of allylic oxidation sites excluding steroid dienone is 2. The van der Waals surface area contributed by atoms with E-state index in [2.05, 4.69) is 40.1 Å². The lowest BCUT2D eigenvalue weighted by molar-refractivity contribution is -0.893. The van der Waals surface area contributed by atoms with Gasteiger partial charge in [0.2, 0.25) is 0 Å². The quantitative estimate of drug-likeness (QED) is 0.0150. The lowest BCUT2D eigenvalue weighted by Gasteiger charge is -2.32. The molecule has 0 amide bonds. The van der Waals surface area contributed by atoms with Crippen LogP contribution in [0.15, 0.2) is 12.2 Å². The van der Waals surface area contributed by atoms with E-state index in [0.717, 1.165) is 57.9 Å². The second-order valence-corrected chi connectivity index (χ2v) is 28.0. The minimum Gasteiger partial charge on any atom is -1.00 e. The topological polar surface area (TPSA) is 319 Å². The molecule has 0 spiro atoms. The van der Waals surface area contributed by atoms with Crippen molar-refractivity contribution in [1.29, 1.82) is 0 Å². The number of likely N-dealkylation sites (N-methyl/N-ethyl adjacent to an activating group) is 2. The normalized spacial score (nSPS) is 17.8. The number of halogens is 2. The Morgan fingerprint density at radius 1 is 0.429 bits per heavy atom. The van der Waals surface area contributed by atoms with E-state index in [0.29, 0.717) is 28.5 Å². The lowest BCUT2D eigenvalue weighted by Crippen LogP contribution is -3.00. The Bertz CT molecular complexity index is 1760. The fourth-order valence-corrected chi connectivity index (χ4v) is 10.8. The first-order valence-corrected chi connectivity index (χ1v) is 36.7. The summed E-state index contributed by atoms with van der Waals surface area (Å²) in [6.45, 7) is 3.75. The van der Waals surface area contributed by atoms with Crippen molar-refractivity contribution in [3.63, 3.8) is 0 Å². The minimum absolute atomic E-state index is 0. The molecule has 1 fully saturated rings. The fourth-order valence-electron chi connectivity index (χ4n) is 10.8. The van der Waals surface area contributed by atoms with E-state index in [4.69, 9.17) is 66.7 Å². The van der Waals surface area contributed by atoms with Crippen molar-refractivity contribution in [3.05, 3.63) is 12.2 Å². The van der Waals surface area contributed by atoms with Crippen molar-refractivity contribution in [2.45, 2.75) is 241 Å². The zero-order valence-electron chi connectivity index (χ0n) is 61.6. The summed E-state index contributed by atoms with van der Waals surface area (Å²) in [4.78, 5) is 12.6. The van der Waals surface area contributed by atoms with Gasteiger partial charge in [-0.15, -0.1) is 0 Å². The number of carbonyl (C=O) groups is 1. The molecule has 1 saturated heterocycles. The highest BCUT2D eigenvalue weighted by molar-refractivity contribution is 5.69. The number of rotatable bonds is 71. The third kappa shape index (κ3) is 62.3. The van der Waals surface area contributed by atoms with Gasteiger partial charge in [0, 0.05) is 6.42 Å². The number of aliphatic hydroxyl groups is 9. The van der Waals surface area contributed by atoms with Gasteiger partial charge in [0.1, 0.15) is 92.9 Å². The van der Waals surface area contributed by atoms with E-state index in [9.17, 15) is 45.6 Å². The van der Waals surface area contributed by atoms with Crippen LogP contribution >= 0.6 is 0 Å².